The van der Waals surface area contributed by atoms with Crippen molar-refractivity contribution < 1.29 is 9.53 Å². The van der Waals surface area contributed by atoms with E-state index in [9.17, 15) is 4.79 Å². The molecule has 0 aliphatic carbocycles. The van der Waals surface area contributed by atoms with Gasteiger partial charge in [0, 0.05) is 12.7 Å². The monoisotopic (exact) mass is 264 g/mol. The zero-order valence-corrected chi connectivity index (χ0v) is 12.5. The van der Waals surface area contributed by atoms with E-state index in [2.05, 4.69) is 23.3 Å². The van der Waals surface area contributed by atoms with Gasteiger partial charge in [-0.3, -0.25) is 15.1 Å². The third-order valence-corrected chi connectivity index (χ3v) is 2.70. The van der Waals surface area contributed by atoms with E-state index in [0.29, 0.717) is 6.54 Å². The van der Waals surface area contributed by atoms with Gasteiger partial charge in [0.05, 0.1) is 5.69 Å². The highest BCUT2D eigenvalue weighted by atomic mass is 16.6. The number of esters is 1. The Morgan fingerprint density at radius 3 is 2.74 bits per heavy atom. The molecule has 1 aromatic heterocycles. The molecular weight excluding hydrogens is 240 g/mol. The standard InChI is InChI=1S/C15H24N2O2/c1-6-12-8-7-9-16-13(12)10-17-11(2)14(18)19-15(3,4)5/h7-9,11,17H,6,10H2,1-5H3. The Hall–Kier alpha value is -1.42. The lowest BCUT2D eigenvalue weighted by Crippen LogP contribution is -2.39. The van der Waals surface area contributed by atoms with Crippen LogP contribution in [0.3, 0.4) is 0 Å². The Bertz CT molecular complexity index is 424. The number of aryl methyl sites for hydroxylation is 1. The van der Waals surface area contributed by atoms with Crippen LogP contribution in [0, 0.1) is 0 Å². The second-order valence-corrected chi connectivity index (χ2v) is 5.60. The molecule has 0 saturated heterocycles. The molecule has 1 aromatic rings. The van der Waals surface area contributed by atoms with E-state index in [1.807, 2.05) is 33.8 Å². The molecule has 0 fully saturated rings. The summed E-state index contributed by atoms with van der Waals surface area (Å²) in [4.78, 5) is 16.2. The predicted molar refractivity (Wildman–Crippen MR) is 75.8 cm³/mol. The molecule has 1 rings (SSSR count). The van der Waals surface area contributed by atoms with Crippen molar-refractivity contribution >= 4 is 5.97 Å². The van der Waals surface area contributed by atoms with E-state index in [-0.39, 0.29) is 12.0 Å². The first-order valence-electron chi connectivity index (χ1n) is 6.72. The maximum Gasteiger partial charge on any atom is 0.323 e. The summed E-state index contributed by atoms with van der Waals surface area (Å²) in [6.07, 6.45) is 2.71. The van der Waals surface area contributed by atoms with Crippen LogP contribution in [0.15, 0.2) is 18.3 Å². The number of rotatable bonds is 5. The van der Waals surface area contributed by atoms with E-state index >= 15 is 0 Å². The maximum atomic E-state index is 11.8. The van der Waals surface area contributed by atoms with Crippen molar-refractivity contribution in [3.63, 3.8) is 0 Å². The Morgan fingerprint density at radius 2 is 2.16 bits per heavy atom. The third-order valence-electron chi connectivity index (χ3n) is 2.70. The summed E-state index contributed by atoms with van der Waals surface area (Å²) in [5, 5.41) is 3.16. The number of hydrogen-bond donors (Lipinski definition) is 1. The van der Waals surface area contributed by atoms with Crippen LogP contribution in [-0.4, -0.2) is 22.6 Å². The van der Waals surface area contributed by atoms with E-state index < -0.39 is 5.60 Å². The zero-order valence-electron chi connectivity index (χ0n) is 12.5. The number of pyridine rings is 1. The average Bonchev–Trinajstić information content (AvgIpc) is 2.34. The van der Waals surface area contributed by atoms with E-state index in [0.717, 1.165) is 12.1 Å². The largest absolute Gasteiger partial charge is 0.459 e. The summed E-state index contributed by atoms with van der Waals surface area (Å²) in [6, 6.07) is 3.65. The molecule has 0 aliphatic rings. The summed E-state index contributed by atoms with van der Waals surface area (Å²) in [5.41, 5.74) is 1.74. The third kappa shape index (κ3) is 5.39. The molecular formula is C15H24N2O2. The van der Waals surface area contributed by atoms with E-state index in [1.165, 1.54) is 5.56 Å². The van der Waals surface area contributed by atoms with Gasteiger partial charge in [0.2, 0.25) is 0 Å². The van der Waals surface area contributed by atoms with Crippen LogP contribution in [0.1, 0.15) is 45.9 Å². The minimum Gasteiger partial charge on any atom is -0.459 e. The van der Waals surface area contributed by atoms with Gasteiger partial charge in [0.25, 0.3) is 0 Å². The molecule has 0 aromatic carbocycles. The average molecular weight is 264 g/mol. The number of hydrogen-bond acceptors (Lipinski definition) is 4. The smallest absolute Gasteiger partial charge is 0.323 e. The first-order chi connectivity index (χ1) is 8.83. The number of carbonyl (C=O) groups excluding carboxylic acids is 1. The van der Waals surface area contributed by atoms with Crippen LogP contribution in [0.2, 0.25) is 0 Å². The summed E-state index contributed by atoms with van der Waals surface area (Å²) in [6.45, 7) is 10.1. The number of nitrogens with one attached hydrogen (secondary N) is 1. The second-order valence-electron chi connectivity index (χ2n) is 5.60. The van der Waals surface area contributed by atoms with Gasteiger partial charge < -0.3 is 4.74 Å². The molecule has 19 heavy (non-hydrogen) atoms. The topological polar surface area (TPSA) is 51.2 Å². The molecule has 0 aliphatic heterocycles. The fourth-order valence-electron chi connectivity index (χ4n) is 1.68. The molecule has 4 heteroatoms. The van der Waals surface area contributed by atoms with Crippen LogP contribution in [0.4, 0.5) is 0 Å². The number of aromatic nitrogens is 1. The van der Waals surface area contributed by atoms with Crippen molar-refractivity contribution in [1.82, 2.24) is 10.3 Å². The van der Waals surface area contributed by atoms with Gasteiger partial charge in [-0.2, -0.15) is 0 Å². The molecule has 1 heterocycles. The lowest BCUT2D eigenvalue weighted by molar-refractivity contribution is -0.157. The van der Waals surface area contributed by atoms with Gasteiger partial charge in [-0.15, -0.1) is 0 Å². The highest BCUT2D eigenvalue weighted by Crippen LogP contribution is 2.09. The minimum absolute atomic E-state index is 0.235. The molecule has 4 nitrogen and oxygen atoms in total. The molecule has 0 saturated carbocycles. The fraction of sp³-hybridized carbons (Fsp3) is 0.600. The Morgan fingerprint density at radius 1 is 1.47 bits per heavy atom. The summed E-state index contributed by atoms with van der Waals surface area (Å²) in [7, 11) is 0. The van der Waals surface area contributed by atoms with Gasteiger partial charge in [-0.25, -0.2) is 0 Å². The van der Waals surface area contributed by atoms with Crippen molar-refractivity contribution in [3.05, 3.63) is 29.6 Å². The Balaban J connectivity index is 2.54. The summed E-state index contributed by atoms with van der Waals surface area (Å²) < 4.78 is 5.32. The molecule has 106 valence electrons. The first-order valence-corrected chi connectivity index (χ1v) is 6.72. The molecule has 0 radical (unpaired) electrons. The van der Waals surface area contributed by atoms with Crippen molar-refractivity contribution in [1.29, 1.82) is 0 Å². The van der Waals surface area contributed by atoms with Crippen molar-refractivity contribution in [3.8, 4) is 0 Å². The molecule has 0 amide bonds. The van der Waals surface area contributed by atoms with Crippen LogP contribution in [0.25, 0.3) is 0 Å². The van der Waals surface area contributed by atoms with Gasteiger partial charge >= 0.3 is 5.97 Å². The second kappa shape index (κ2) is 6.66. The predicted octanol–water partition coefficient (Wildman–Crippen LogP) is 2.46. The highest BCUT2D eigenvalue weighted by Gasteiger charge is 2.21. The maximum absolute atomic E-state index is 11.8. The fourth-order valence-corrected chi connectivity index (χ4v) is 1.68. The molecule has 0 spiro atoms. The zero-order chi connectivity index (χ0) is 14.5. The lowest BCUT2D eigenvalue weighted by Gasteiger charge is -2.22. The summed E-state index contributed by atoms with van der Waals surface area (Å²) >= 11 is 0. The van der Waals surface area contributed by atoms with Gasteiger partial charge in [0.1, 0.15) is 11.6 Å². The minimum atomic E-state index is -0.452. The Kier molecular flexibility index (Phi) is 5.48. The van der Waals surface area contributed by atoms with Crippen LogP contribution in [0.5, 0.6) is 0 Å². The summed E-state index contributed by atoms with van der Waals surface area (Å²) in [5.74, 6) is -0.235. The number of ether oxygens (including phenoxy) is 1. The molecule has 1 N–H and O–H groups in total. The van der Waals surface area contributed by atoms with Crippen LogP contribution < -0.4 is 5.32 Å². The SMILES string of the molecule is CCc1cccnc1CNC(C)C(=O)OC(C)(C)C. The molecule has 0 bridgehead atoms. The number of carbonyl (C=O) groups is 1. The van der Waals surface area contributed by atoms with E-state index in [4.69, 9.17) is 4.74 Å². The number of nitrogens with zero attached hydrogens (tertiary/aromatic N) is 1. The van der Waals surface area contributed by atoms with Gasteiger partial charge in [-0.1, -0.05) is 13.0 Å². The van der Waals surface area contributed by atoms with Crippen LogP contribution >= 0.6 is 0 Å². The highest BCUT2D eigenvalue weighted by molar-refractivity contribution is 5.75. The van der Waals surface area contributed by atoms with Crippen molar-refractivity contribution in [2.75, 3.05) is 0 Å². The van der Waals surface area contributed by atoms with Crippen molar-refractivity contribution in [2.45, 2.75) is 59.2 Å². The van der Waals surface area contributed by atoms with Crippen LogP contribution in [-0.2, 0) is 22.5 Å². The Labute approximate surface area is 115 Å². The van der Waals surface area contributed by atoms with E-state index in [1.54, 1.807) is 6.20 Å². The van der Waals surface area contributed by atoms with Gasteiger partial charge in [-0.05, 0) is 45.7 Å². The first kappa shape index (κ1) is 15.6. The van der Waals surface area contributed by atoms with Gasteiger partial charge in [0.15, 0.2) is 0 Å². The lowest BCUT2D eigenvalue weighted by atomic mass is 10.1. The van der Waals surface area contributed by atoms with Crippen molar-refractivity contribution in [2.24, 2.45) is 0 Å². The molecule has 1 unspecified atom stereocenters. The normalized spacial score (nSPS) is 13.1. The molecule has 1 atom stereocenters. The quantitative estimate of drug-likeness (QED) is 0.830.